The number of carboxylic acids is 1. The molecule has 1 saturated heterocycles. The summed E-state index contributed by atoms with van der Waals surface area (Å²) in [7, 11) is 0. The van der Waals surface area contributed by atoms with Crippen LogP contribution in [-0.4, -0.2) is 35.0 Å². The van der Waals surface area contributed by atoms with Crippen LogP contribution in [0.3, 0.4) is 0 Å². The molecular formula is C10H15NO3. The molecule has 0 unspecified atom stereocenters. The highest BCUT2D eigenvalue weighted by Crippen LogP contribution is 2.45. The highest BCUT2D eigenvalue weighted by molar-refractivity contribution is 5.93. The molecule has 1 aliphatic heterocycles. The van der Waals surface area contributed by atoms with Crippen molar-refractivity contribution in [3.8, 4) is 0 Å². The quantitative estimate of drug-likeness (QED) is 0.668. The third-order valence-electron chi connectivity index (χ3n) is 3.37. The maximum atomic E-state index is 11.3. The average molecular weight is 197 g/mol. The minimum Gasteiger partial charge on any atom is -0.481 e. The van der Waals surface area contributed by atoms with Crippen molar-refractivity contribution in [2.75, 3.05) is 13.1 Å². The first-order chi connectivity index (χ1) is 6.61. The topological polar surface area (TPSA) is 57.6 Å². The van der Waals surface area contributed by atoms with Crippen molar-refractivity contribution in [2.24, 2.45) is 5.41 Å². The molecule has 1 amide bonds. The number of hydrogen-bond acceptors (Lipinski definition) is 2. The number of carbonyl (C=O) groups is 2. The summed E-state index contributed by atoms with van der Waals surface area (Å²) < 4.78 is 0. The van der Waals surface area contributed by atoms with Crippen molar-refractivity contribution >= 4 is 11.9 Å². The lowest BCUT2D eigenvalue weighted by Crippen LogP contribution is -2.57. The second-order valence-corrected chi connectivity index (χ2v) is 4.53. The van der Waals surface area contributed by atoms with E-state index in [-0.39, 0.29) is 12.3 Å². The molecule has 2 rings (SSSR count). The molecule has 2 fully saturated rings. The first kappa shape index (κ1) is 9.49. The van der Waals surface area contributed by atoms with E-state index in [9.17, 15) is 9.59 Å². The summed E-state index contributed by atoms with van der Waals surface area (Å²) in [5.41, 5.74) is 0.369. The molecule has 1 aliphatic carbocycles. The zero-order chi connectivity index (χ0) is 10.2. The fraction of sp³-hybridized carbons (Fsp3) is 0.800. The Morgan fingerprint density at radius 1 is 1.21 bits per heavy atom. The number of hydrogen-bond donors (Lipinski definition) is 1. The number of nitrogens with zero attached hydrogens (tertiary/aromatic N) is 1. The minimum absolute atomic E-state index is 0.227. The van der Waals surface area contributed by atoms with Crippen molar-refractivity contribution in [1.29, 1.82) is 0 Å². The van der Waals surface area contributed by atoms with Crippen LogP contribution in [0.5, 0.6) is 0 Å². The molecule has 1 spiro atoms. The predicted octanol–water partition coefficient (Wildman–Crippen LogP) is 0.864. The summed E-state index contributed by atoms with van der Waals surface area (Å²) in [6, 6.07) is 0. The fourth-order valence-corrected chi connectivity index (χ4v) is 2.62. The highest BCUT2D eigenvalue weighted by atomic mass is 16.4. The summed E-state index contributed by atoms with van der Waals surface area (Å²) in [6.07, 6.45) is 4.60. The lowest BCUT2D eigenvalue weighted by atomic mass is 9.78. The second kappa shape index (κ2) is 3.26. The van der Waals surface area contributed by atoms with Gasteiger partial charge in [-0.2, -0.15) is 0 Å². The Hall–Kier alpha value is -1.06. The largest absolute Gasteiger partial charge is 0.481 e. The first-order valence-corrected chi connectivity index (χ1v) is 5.11. The Labute approximate surface area is 82.9 Å². The van der Waals surface area contributed by atoms with Crippen molar-refractivity contribution in [2.45, 2.75) is 32.1 Å². The molecule has 0 atom stereocenters. The smallest absolute Gasteiger partial charge is 0.312 e. The molecule has 0 radical (unpaired) electrons. The summed E-state index contributed by atoms with van der Waals surface area (Å²) in [6.45, 7) is 1.58. The van der Waals surface area contributed by atoms with Gasteiger partial charge in [-0.1, -0.05) is 12.8 Å². The molecule has 0 aromatic carbocycles. The third-order valence-corrected chi connectivity index (χ3v) is 3.37. The van der Waals surface area contributed by atoms with Crippen LogP contribution < -0.4 is 0 Å². The van der Waals surface area contributed by atoms with E-state index in [0.29, 0.717) is 5.41 Å². The number of carbonyl (C=O) groups excluding carboxylic acids is 1. The predicted molar refractivity (Wildman–Crippen MR) is 49.7 cm³/mol. The number of likely N-dealkylation sites (tertiary alicyclic amines) is 1. The Bertz CT molecular complexity index is 261. The van der Waals surface area contributed by atoms with Crippen LogP contribution in [0.4, 0.5) is 0 Å². The molecule has 0 bridgehead atoms. The highest BCUT2D eigenvalue weighted by Gasteiger charge is 2.46. The van der Waals surface area contributed by atoms with Crippen LogP contribution in [0.2, 0.25) is 0 Å². The Balaban J connectivity index is 1.81. The van der Waals surface area contributed by atoms with Gasteiger partial charge in [0.1, 0.15) is 6.42 Å². The molecule has 4 heteroatoms. The van der Waals surface area contributed by atoms with Crippen LogP contribution in [0.1, 0.15) is 32.1 Å². The third kappa shape index (κ3) is 1.61. The molecule has 78 valence electrons. The van der Waals surface area contributed by atoms with Gasteiger partial charge >= 0.3 is 5.97 Å². The van der Waals surface area contributed by atoms with E-state index >= 15 is 0 Å². The van der Waals surface area contributed by atoms with E-state index in [0.717, 1.165) is 13.1 Å². The van der Waals surface area contributed by atoms with Crippen molar-refractivity contribution in [3.63, 3.8) is 0 Å². The average Bonchev–Trinajstić information content (AvgIpc) is 2.47. The molecule has 0 aromatic heterocycles. The van der Waals surface area contributed by atoms with E-state index in [1.807, 2.05) is 0 Å². The normalized spacial score (nSPS) is 23.6. The van der Waals surface area contributed by atoms with Crippen molar-refractivity contribution in [1.82, 2.24) is 4.90 Å². The van der Waals surface area contributed by atoms with E-state index in [4.69, 9.17) is 5.11 Å². The number of aliphatic carboxylic acids is 1. The van der Waals surface area contributed by atoms with Crippen LogP contribution >= 0.6 is 0 Å². The maximum absolute atomic E-state index is 11.3. The van der Waals surface area contributed by atoms with Gasteiger partial charge < -0.3 is 10.0 Å². The SMILES string of the molecule is O=C(O)CC(=O)N1CC2(CCCC2)C1. The standard InChI is InChI=1S/C10H15NO3/c12-8(5-9(13)14)11-6-10(7-11)3-1-2-4-10/h1-7H2,(H,13,14). The van der Waals surface area contributed by atoms with Gasteiger partial charge in [0.25, 0.3) is 0 Å². The molecule has 0 aromatic rings. The second-order valence-electron chi connectivity index (χ2n) is 4.53. The summed E-state index contributed by atoms with van der Waals surface area (Å²) in [4.78, 5) is 23.3. The molecule has 14 heavy (non-hydrogen) atoms. The van der Waals surface area contributed by atoms with Crippen LogP contribution in [0.15, 0.2) is 0 Å². The van der Waals surface area contributed by atoms with E-state index in [1.165, 1.54) is 25.7 Å². The van der Waals surface area contributed by atoms with Gasteiger partial charge in [0.05, 0.1) is 0 Å². The van der Waals surface area contributed by atoms with Gasteiger partial charge in [0.2, 0.25) is 5.91 Å². The van der Waals surface area contributed by atoms with Gasteiger partial charge in [-0.05, 0) is 12.8 Å². The van der Waals surface area contributed by atoms with Crippen molar-refractivity contribution < 1.29 is 14.7 Å². The molecule has 1 N–H and O–H groups in total. The van der Waals surface area contributed by atoms with E-state index in [1.54, 1.807) is 4.90 Å². The van der Waals surface area contributed by atoms with Crippen LogP contribution in [0, 0.1) is 5.41 Å². The van der Waals surface area contributed by atoms with E-state index in [2.05, 4.69) is 0 Å². The maximum Gasteiger partial charge on any atom is 0.312 e. The van der Waals surface area contributed by atoms with Gasteiger partial charge in [0.15, 0.2) is 0 Å². The molecule has 1 saturated carbocycles. The van der Waals surface area contributed by atoms with Crippen molar-refractivity contribution in [3.05, 3.63) is 0 Å². The first-order valence-electron chi connectivity index (χ1n) is 5.11. The number of rotatable bonds is 2. The minimum atomic E-state index is -1.03. The van der Waals surface area contributed by atoms with Gasteiger partial charge in [-0.25, -0.2) is 0 Å². The van der Waals surface area contributed by atoms with E-state index < -0.39 is 5.97 Å². The lowest BCUT2D eigenvalue weighted by molar-refractivity contribution is -0.150. The lowest BCUT2D eigenvalue weighted by Gasteiger charge is -2.48. The van der Waals surface area contributed by atoms with Gasteiger partial charge in [0, 0.05) is 18.5 Å². The monoisotopic (exact) mass is 197 g/mol. The Morgan fingerprint density at radius 2 is 1.79 bits per heavy atom. The zero-order valence-corrected chi connectivity index (χ0v) is 8.16. The summed E-state index contributed by atoms with van der Waals surface area (Å²) >= 11 is 0. The number of amides is 1. The van der Waals surface area contributed by atoms with Gasteiger partial charge in [-0.3, -0.25) is 9.59 Å². The van der Waals surface area contributed by atoms with Gasteiger partial charge in [-0.15, -0.1) is 0 Å². The molecule has 1 heterocycles. The van der Waals surface area contributed by atoms with Crippen LogP contribution in [-0.2, 0) is 9.59 Å². The molecular weight excluding hydrogens is 182 g/mol. The Kier molecular flexibility index (Phi) is 2.21. The zero-order valence-electron chi connectivity index (χ0n) is 8.16. The number of carboxylic acid groups (broad SMARTS) is 1. The van der Waals surface area contributed by atoms with Crippen LogP contribution in [0.25, 0.3) is 0 Å². The summed E-state index contributed by atoms with van der Waals surface area (Å²) in [5.74, 6) is -1.25. The molecule has 4 nitrogen and oxygen atoms in total. The molecule has 2 aliphatic rings. The fourth-order valence-electron chi connectivity index (χ4n) is 2.62. The Morgan fingerprint density at radius 3 is 2.29 bits per heavy atom. The summed E-state index contributed by atoms with van der Waals surface area (Å²) in [5, 5.41) is 8.46.